The molecule has 0 bridgehead atoms. The van der Waals surface area contributed by atoms with Gasteiger partial charge < -0.3 is 24.4 Å². The Balaban J connectivity index is 1.72. The maximum Gasteiger partial charge on any atom is 0.336 e. The van der Waals surface area contributed by atoms with Crippen LogP contribution < -0.4 is 4.74 Å². The highest BCUT2D eigenvalue weighted by molar-refractivity contribution is 6.07. The van der Waals surface area contributed by atoms with Gasteiger partial charge in [0, 0.05) is 29.5 Å². The highest BCUT2D eigenvalue weighted by Gasteiger charge is 2.42. The molecule has 0 radical (unpaired) electrons. The third-order valence-electron chi connectivity index (χ3n) is 6.36. The molecule has 0 aromatic heterocycles. The van der Waals surface area contributed by atoms with Gasteiger partial charge in [-0.3, -0.25) is 19.9 Å². The van der Waals surface area contributed by atoms with E-state index in [1.807, 2.05) is 12.1 Å². The van der Waals surface area contributed by atoms with Gasteiger partial charge in [0.15, 0.2) is 0 Å². The van der Waals surface area contributed by atoms with Crippen LogP contribution in [0, 0.1) is 16.0 Å². The number of aliphatic hydroxyl groups excluding tert-OH is 2. The predicted molar refractivity (Wildman–Crippen MR) is 141 cm³/mol. The highest BCUT2D eigenvalue weighted by atomic mass is 16.6. The lowest BCUT2D eigenvalue weighted by Crippen LogP contribution is -2.36. The molecule has 2 aromatic carbocycles. The van der Waals surface area contributed by atoms with E-state index in [1.165, 1.54) is 25.3 Å². The molecule has 0 amide bonds. The molecule has 1 heterocycles. The lowest BCUT2D eigenvalue weighted by Gasteiger charge is -2.31. The van der Waals surface area contributed by atoms with Gasteiger partial charge >= 0.3 is 11.9 Å². The first kappa shape index (κ1) is 29.5. The summed E-state index contributed by atoms with van der Waals surface area (Å²) in [5, 5.41) is 29.6. The van der Waals surface area contributed by atoms with Crippen LogP contribution in [-0.2, 0) is 25.5 Å². The zero-order valence-electron chi connectivity index (χ0n) is 22.0. The molecule has 11 nitrogen and oxygen atoms in total. The average Bonchev–Trinajstić information content (AvgIpc) is 2.93. The molecule has 1 aliphatic rings. The average molecular weight is 541 g/mol. The fraction of sp³-hybridized carbons (Fsp3) is 0.393. The third-order valence-corrected chi connectivity index (χ3v) is 6.36. The number of hydrogen-bond donors (Lipinski definition) is 2. The van der Waals surface area contributed by atoms with E-state index < -0.39 is 34.8 Å². The zero-order valence-corrected chi connectivity index (χ0v) is 22.0. The van der Waals surface area contributed by atoms with Crippen molar-refractivity contribution in [3.05, 3.63) is 81.0 Å². The summed E-state index contributed by atoms with van der Waals surface area (Å²) in [6, 6.07) is 13.0. The molecule has 3 unspecified atom stereocenters. The van der Waals surface area contributed by atoms with Gasteiger partial charge in [0.05, 0.1) is 30.8 Å². The summed E-state index contributed by atoms with van der Waals surface area (Å²) in [4.78, 5) is 41.3. The topological polar surface area (TPSA) is 158 Å². The Kier molecular flexibility index (Phi) is 10.3. The number of aryl methyl sites for hydroxylation is 1. The molecule has 0 spiro atoms. The number of hydrogen-bond acceptors (Lipinski definition) is 10. The minimum absolute atomic E-state index is 0.0151. The number of nitro benzene ring substituents is 1. The van der Waals surface area contributed by atoms with E-state index >= 15 is 0 Å². The standard InChI is InChI=1S/C28H32N2O9/c1-17-24(27(33)37-3)26(20-7-4-8-21(14-20)30(35)36)25(18(2)29-17)28(34)38-13-5-6-19-9-11-23(12-10-19)39-16-22(32)15-31/h4,7-12,14,22,24,26,31-32H,5-6,13,15-16H2,1-3H3. The maximum atomic E-state index is 13.3. The van der Waals surface area contributed by atoms with Crippen molar-refractivity contribution in [3.8, 4) is 5.75 Å². The van der Waals surface area contributed by atoms with Gasteiger partial charge in [0.2, 0.25) is 0 Å². The first-order valence-corrected chi connectivity index (χ1v) is 12.4. The van der Waals surface area contributed by atoms with Crippen molar-refractivity contribution in [1.29, 1.82) is 0 Å². The fourth-order valence-electron chi connectivity index (χ4n) is 4.44. The van der Waals surface area contributed by atoms with E-state index in [0.717, 1.165) is 5.56 Å². The van der Waals surface area contributed by atoms with E-state index in [-0.39, 0.29) is 31.1 Å². The number of esters is 2. The molecule has 3 rings (SSSR count). The normalized spacial score (nSPS) is 17.7. The van der Waals surface area contributed by atoms with Crippen LogP contribution in [0.15, 0.2) is 64.8 Å². The van der Waals surface area contributed by atoms with E-state index in [4.69, 9.17) is 19.3 Å². The number of aliphatic imine (C=N–C) groups is 1. The number of benzene rings is 2. The second-order valence-electron chi connectivity index (χ2n) is 9.11. The van der Waals surface area contributed by atoms with Gasteiger partial charge in [-0.1, -0.05) is 24.3 Å². The number of non-ortho nitro benzene ring substituents is 1. The fourth-order valence-corrected chi connectivity index (χ4v) is 4.44. The molecular weight excluding hydrogens is 508 g/mol. The molecule has 3 atom stereocenters. The summed E-state index contributed by atoms with van der Waals surface area (Å²) in [7, 11) is 1.24. The molecule has 208 valence electrons. The second-order valence-corrected chi connectivity index (χ2v) is 9.11. The van der Waals surface area contributed by atoms with Crippen LogP contribution in [0.25, 0.3) is 0 Å². The zero-order chi connectivity index (χ0) is 28.5. The van der Waals surface area contributed by atoms with Gasteiger partial charge in [0.25, 0.3) is 5.69 Å². The molecule has 2 aromatic rings. The van der Waals surface area contributed by atoms with Crippen molar-refractivity contribution in [2.45, 2.75) is 38.7 Å². The number of ether oxygens (including phenoxy) is 3. The number of carbonyl (C=O) groups excluding carboxylic acids is 2. The van der Waals surface area contributed by atoms with Crippen LogP contribution in [0.3, 0.4) is 0 Å². The van der Waals surface area contributed by atoms with Crippen molar-refractivity contribution in [3.63, 3.8) is 0 Å². The van der Waals surface area contributed by atoms with E-state index in [0.29, 0.717) is 35.6 Å². The molecule has 0 fully saturated rings. The Morgan fingerprint density at radius 1 is 1.15 bits per heavy atom. The van der Waals surface area contributed by atoms with E-state index in [9.17, 15) is 24.8 Å². The Morgan fingerprint density at radius 3 is 2.51 bits per heavy atom. The number of carbonyl (C=O) groups is 2. The van der Waals surface area contributed by atoms with Crippen LogP contribution in [0.5, 0.6) is 5.75 Å². The summed E-state index contributed by atoms with van der Waals surface area (Å²) >= 11 is 0. The Hall–Kier alpha value is -4.09. The number of rotatable bonds is 12. The molecule has 0 aliphatic carbocycles. The van der Waals surface area contributed by atoms with Crippen LogP contribution >= 0.6 is 0 Å². The van der Waals surface area contributed by atoms with Gasteiger partial charge in [0.1, 0.15) is 24.4 Å². The van der Waals surface area contributed by atoms with Crippen molar-refractivity contribution in [2.75, 3.05) is 26.9 Å². The Bertz CT molecular complexity index is 1250. The minimum Gasteiger partial charge on any atom is -0.491 e. The Labute approximate surface area is 225 Å². The molecule has 11 heteroatoms. The van der Waals surface area contributed by atoms with Crippen LogP contribution in [0.2, 0.25) is 0 Å². The van der Waals surface area contributed by atoms with Crippen LogP contribution in [0.1, 0.15) is 37.3 Å². The van der Waals surface area contributed by atoms with Crippen molar-refractivity contribution in [1.82, 2.24) is 0 Å². The van der Waals surface area contributed by atoms with Crippen LogP contribution in [-0.4, -0.2) is 65.8 Å². The molecule has 2 N–H and O–H groups in total. The Morgan fingerprint density at radius 2 is 1.87 bits per heavy atom. The first-order chi connectivity index (χ1) is 18.7. The molecule has 39 heavy (non-hydrogen) atoms. The number of methoxy groups -OCH3 is 1. The summed E-state index contributed by atoms with van der Waals surface area (Å²) in [5.74, 6) is -2.51. The van der Waals surface area contributed by atoms with Gasteiger partial charge in [-0.25, -0.2) is 4.79 Å². The first-order valence-electron chi connectivity index (χ1n) is 12.4. The summed E-state index contributed by atoms with van der Waals surface area (Å²) < 4.78 is 15.9. The summed E-state index contributed by atoms with van der Waals surface area (Å²) in [5.41, 5.74) is 2.19. The summed E-state index contributed by atoms with van der Waals surface area (Å²) in [6.45, 7) is 3.00. The highest BCUT2D eigenvalue weighted by Crippen LogP contribution is 2.41. The van der Waals surface area contributed by atoms with Crippen LogP contribution in [0.4, 0.5) is 5.69 Å². The maximum absolute atomic E-state index is 13.3. The number of nitrogens with zero attached hydrogens (tertiary/aromatic N) is 2. The molecular formula is C28H32N2O9. The predicted octanol–water partition coefficient (Wildman–Crippen LogP) is 3.12. The van der Waals surface area contributed by atoms with Crippen molar-refractivity contribution in [2.24, 2.45) is 10.9 Å². The van der Waals surface area contributed by atoms with Gasteiger partial charge in [-0.15, -0.1) is 0 Å². The van der Waals surface area contributed by atoms with E-state index in [2.05, 4.69) is 4.99 Å². The number of nitro groups is 1. The van der Waals surface area contributed by atoms with Crippen molar-refractivity contribution >= 4 is 23.3 Å². The molecule has 1 aliphatic heterocycles. The van der Waals surface area contributed by atoms with Gasteiger partial charge in [-0.2, -0.15) is 0 Å². The third kappa shape index (κ3) is 7.49. The SMILES string of the molecule is COC(=O)C1C(C)=NC(C)=C(C(=O)OCCCc2ccc(OCC(O)CO)cc2)C1c1cccc([N+](=O)[O-])c1. The lowest BCUT2D eigenvalue weighted by molar-refractivity contribution is -0.384. The minimum atomic E-state index is -0.948. The second kappa shape index (κ2) is 13.6. The quantitative estimate of drug-likeness (QED) is 0.179. The lowest BCUT2D eigenvalue weighted by atomic mass is 9.75. The number of aliphatic hydroxyl groups is 2. The molecule has 0 saturated carbocycles. The largest absolute Gasteiger partial charge is 0.491 e. The van der Waals surface area contributed by atoms with Gasteiger partial charge in [-0.05, 0) is 49.9 Å². The monoisotopic (exact) mass is 540 g/mol. The summed E-state index contributed by atoms with van der Waals surface area (Å²) in [6.07, 6.45) is 0.184. The number of allylic oxidation sites excluding steroid dienone is 1. The van der Waals surface area contributed by atoms with E-state index in [1.54, 1.807) is 32.0 Å². The molecule has 0 saturated heterocycles. The van der Waals surface area contributed by atoms with Crippen molar-refractivity contribution < 1.29 is 38.9 Å². The smallest absolute Gasteiger partial charge is 0.336 e.